The van der Waals surface area contributed by atoms with Gasteiger partial charge in [0.15, 0.2) is 5.96 Å². The third-order valence-corrected chi connectivity index (χ3v) is 4.68. The molecule has 1 aromatic heterocycles. The van der Waals surface area contributed by atoms with E-state index in [4.69, 9.17) is 4.74 Å². The number of benzene rings is 1. The molecule has 2 N–H and O–H groups in total. The fourth-order valence-electron chi connectivity index (χ4n) is 3.13. The molecule has 0 saturated carbocycles. The molecule has 2 heterocycles. The SMILES string of the molecule is CN=C(NCc1ccccn1)NCC(C(=O)N1CCOCC1)c1ccccc1.I. The number of amides is 1. The molecule has 0 aliphatic carbocycles. The summed E-state index contributed by atoms with van der Waals surface area (Å²) < 4.78 is 5.38. The zero-order valence-corrected chi connectivity index (χ0v) is 18.9. The smallest absolute Gasteiger partial charge is 0.232 e. The number of nitrogens with zero attached hydrogens (tertiary/aromatic N) is 3. The van der Waals surface area contributed by atoms with E-state index in [9.17, 15) is 4.79 Å². The van der Waals surface area contributed by atoms with E-state index in [1.165, 1.54) is 0 Å². The number of aliphatic imine (C=N–C) groups is 1. The van der Waals surface area contributed by atoms with Gasteiger partial charge in [0.25, 0.3) is 0 Å². The highest BCUT2D eigenvalue weighted by molar-refractivity contribution is 14.0. The van der Waals surface area contributed by atoms with Gasteiger partial charge in [-0.05, 0) is 17.7 Å². The number of halogens is 1. The van der Waals surface area contributed by atoms with Crippen LogP contribution in [0.15, 0.2) is 59.7 Å². The van der Waals surface area contributed by atoms with Crippen molar-refractivity contribution < 1.29 is 9.53 Å². The number of rotatable bonds is 6. The summed E-state index contributed by atoms with van der Waals surface area (Å²) in [5.74, 6) is 0.469. The van der Waals surface area contributed by atoms with Gasteiger partial charge in [-0.25, -0.2) is 0 Å². The Bertz CT molecular complexity index is 767. The second-order valence-corrected chi connectivity index (χ2v) is 6.53. The molecule has 3 rings (SSSR count). The second kappa shape index (κ2) is 12.4. The lowest BCUT2D eigenvalue weighted by molar-refractivity contribution is -0.136. The molecule has 0 radical (unpaired) electrons. The average molecular weight is 509 g/mol. The van der Waals surface area contributed by atoms with Gasteiger partial charge in [-0.15, -0.1) is 24.0 Å². The zero-order valence-electron chi connectivity index (χ0n) is 16.6. The van der Waals surface area contributed by atoms with E-state index in [0.29, 0.717) is 45.4 Å². The predicted octanol–water partition coefficient (Wildman–Crippen LogP) is 2.01. The van der Waals surface area contributed by atoms with E-state index in [2.05, 4.69) is 20.6 Å². The fraction of sp³-hybridized carbons (Fsp3) is 0.381. The summed E-state index contributed by atoms with van der Waals surface area (Å²) >= 11 is 0. The number of pyridine rings is 1. The molecule has 0 bridgehead atoms. The number of hydrogen-bond acceptors (Lipinski definition) is 4. The van der Waals surface area contributed by atoms with Crippen LogP contribution in [0.25, 0.3) is 0 Å². The van der Waals surface area contributed by atoms with Gasteiger partial charge >= 0.3 is 0 Å². The minimum Gasteiger partial charge on any atom is -0.378 e. The first kappa shape index (κ1) is 23.1. The number of morpholine rings is 1. The second-order valence-electron chi connectivity index (χ2n) is 6.53. The van der Waals surface area contributed by atoms with Gasteiger partial charge in [-0.1, -0.05) is 36.4 Å². The molecule has 1 amide bonds. The van der Waals surface area contributed by atoms with Crippen LogP contribution in [0.1, 0.15) is 17.2 Å². The van der Waals surface area contributed by atoms with Gasteiger partial charge < -0.3 is 20.3 Å². The Morgan fingerprint density at radius 1 is 1.14 bits per heavy atom. The Kier molecular flexibility index (Phi) is 9.85. The molecule has 156 valence electrons. The van der Waals surface area contributed by atoms with Crippen LogP contribution in [0.4, 0.5) is 0 Å². The standard InChI is InChI=1S/C21H27N5O2.HI/c1-22-21(24-15-18-9-5-6-10-23-18)25-16-19(17-7-3-2-4-8-17)20(27)26-11-13-28-14-12-26;/h2-10,19H,11-16H2,1H3,(H2,22,24,25);1H. The van der Waals surface area contributed by atoms with E-state index in [1.807, 2.05) is 53.4 Å². The molecule has 2 aromatic rings. The molecule has 8 heteroatoms. The van der Waals surface area contributed by atoms with Gasteiger partial charge in [-0.2, -0.15) is 0 Å². The number of nitrogens with one attached hydrogen (secondary N) is 2. The molecule has 0 spiro atoms. The quantitative estimate of drug-likeness (QED) is 0.354. The van der Waals surface area contributed by atoms with Crippen molar-refractivity contribution in [2.45, 2.75) is 12.5 Å². The Morgan fingerprint density at radius 3 is 2.52 bits per heavy atom. The number of carbonyl (C=O) groups is 1. The van der Waals surface area contributed by atoms with Gasteiger partial charge in [0.1, 0.15) is 0 Å². The van der Waals surface area contributed by atoms with Gasteiger partial charge in [0.2, 0.25) is 5.91 Å². The van der Waals surface area contributed by atoms with Crippen LogP contribution in [0, 0.1) is 0 Å². The van der Waals surface area contributed by atoms with Crippen molar-refractivity contribution in [2.75, 3.05) is 39.9 Å². The summed E-state index contributed by atoms with van der Waals surface area (Å²) in [6.07, 6.45) is 1.76. The summed E-state index contributed by atoms with van der Waals surface area (Å²) in [5.41, 5.74) is 1.92. The van der Waals surface area contributed by atoms with Gasteiger partial charge in [0.05, 0.1) is 31.4 Å². The third kappa shape index (κ3) is 6.97. The monoisotopic (exact) mass is 509 g/mol. The van der Waals surface area contributed by atoms with Crippen molar-refractivity contribution in [2.24, 2.45) is 4.99 Å². The lowest BCUT2D eigenvalue weighted by Crippen LogP contribution is -2.47. The summed E-state index contributed by atoms with van der Waals surface area (Å²) in [5, 5.41) is 6.53. The van der Waals surface area contributed by atoms with Crippen LogP contribution in [0.2, 0.25) is 0 Å². The fourth-order valence-corrected chi connectivity index (χ4v) is 3.13. The van der Waals surface area contributed by atoms with E-state index in [-0.39, 0.29) is 35.8 Å². The van der Waals surface area contributed by atoms with E-state index in [1.54, 1.807) is 13.2 Å². The summed E-state index contributed by atoms with van der Waals surface area (Å²) in [6.45, 7) is 3.47. The normalized spacial score (nSPS) is 15.2. The molecule has 29 heavy (non-hydrogen) atoms. The maximum atomic E-state index is 13.1. The Balaban J connectivity index is 0.00000300. The predicted molar refractivity (Wildman–Crippen MR) is 124 cm³/mol. The van der Waals surface area contributed by atoms with Crippen LogP contribution < -0.4 is 10.6 Å². The molecule has 1 aliphatic rings. The van der Waals surface area contributed by atoms with E-state index in [0.717, 1.165) is 11.3 Å². The van der Waals surface area contributed by atoms with Gasteiger partial charge in [0, 0.05) is 32.9 Å². The molecule has 1 unspecified atom stereocenters. The molecular weight excluding hydrogens is 481 g/mol. The molecule has 1 aliphatic heterocycles. The third-order valence-electron chi connectivity index (χ3n) is 4.68. The number of hydrogen-bond donors (Lipinski definition) is 2. The summed E-state index contributed by atoms with van der Waals surface area (Å²) in [4.78, 5) is 23.6. The number of guanidine groups is 1. The van der Waals surface area contributed by atoms with Crippen molar-refractivity contribution in [3.63, 3.8) is 0 Å². The maximum Gasteiger partial charge on any atom is 0.232 e. The molecule has 1 atom stereocenters. The van der Waals surface area contributed by atoms with Crippen LogP contribution in [0.3, 0.4) is 0 Å². The van der Waals surface area contributed by atoms with Crippen LogP contribution in [-0.2, 0) is 16.1 Å². The largest absolute Gasteiger partial charge is 0.378 e. The first-order chi connectivity index (χ1) is 13.8. The Morgan fingerprint density at radius 2 is 1.86 bits per heavy atom. The van der Waals surface area contributed by atoms with E-state index < -0.39 is 0 Å². The molecule has 1 aromatic carbocycles. The topological polar surface area (TPSA) is 78.8 Å². The first-order valence-corrected chi connectivity index (χ1v) is 9.54. The van der Waals surface area contributed by atoms with E-state index >= 15 is 0 Å². The van der Waals surface area contributed by atoms with Crippen molar-refractivity contribution >= 4 is 35.8 Å². The highest BCUT2D eigenvalue weighted by Gasteiger charge is 2.27. The molecular formula is C21H28IN5O2. The summed E-state index contributed by atoms with van der Waals surface area (Å²) in [7, 11) is 1.72. The maximum absolute atomic E-state index is 13.1. The van der Waals surface area contributed by atoms with Crippen molar-refractivity contribution in [1.82, 2.24) is 20.5 Å². The van der Waals surface area contributed by atoms with Crippen molar-refractivity contribution in [1.29, 1.82) is 0 Å². The highest BCUT2D eigenvalue weighted by atomic mass is 127. The van der Waals surface area contributed by atoms with Crippen molar-refractivity contribution in [3.05, 3.63) is 66.0 Å². The molecule has 1 fully saturated rings. The number of ether oxygens (including phenoxy) is 1. The molecule has 1 saturated heterocycles. The first-order valence-electron chi connectivity index (χ1n) is 9.54. The van der Waals surface area contributed by atoms with Crippen molar-refractivity contribution in [3.8, 4) is 0 Å². The van der Waals surface area contributed by atoms with Gasteiger partial charge in [-0.3, -0.25) is 14.8 Å². The number of carbonyl (C=O) groups excluding carboxylic acids is 1. The van der Waals surface area contributed by atoms with Crippen LogP contribution in [-0.4, -0.2) is 61.6 Å². The lowest BCUT2D eigenvalue weighted by atomic mass is 9.97. The minimum absolute atomic E-state index is 0. The number of aromatic nitrogens is 1. The molecule has 7 nitrogen and oxygen atoms in total. The Hall–Kier alpha value is -2.20. The minimum atomic E-state index is -0.285. The lowest BCUT2D eigenvalue weighted by Gasteiger charge is -2.31. The summed E-state index contributed by atoms with van der Waals surface area (Å²) in [6, 6.07) is 15.7. The Labute approximate surface area is 189 Å². The highest BCUT2D eigenvalue weighted by Crippen LogP contribution is 2.18. The zero-order chi connectivity index (χ0) is 19.6. The van der Waals surface area contributed by atoms with Crippen LogP contribution in [0.5, 0.6) is 0 Å². The average Bonchev–Trinajstić information content (AvgIpc) is 2.78. The van der Waals surface area contributed by atoms with Crippen LogP contribution >= 0.6 is 24.0 Å².